The Morgan fingerprint density at radius 3 is 3.25 bits per heavy atom. The maximum Gasteiger partial charge on any atom is 0.122 e. The molecule has 1 atom stereocenters. The van der Waals surface area contributed by atoms with E-state index in [1.807, 2.05) is 13.0 Å². The van der Waals surface area contributed by atoms with Crippen LogP contribution >= 0.6 is 0 Å². The summed E-state index contributed by atoms with van der Waals surface area (Å²) in [5.74, 6) is 1.02. The van der Waals surface area contributed by atoms with Crippen LogP contribution in [-0.4, -0.2) is 12.6 Å². The summed E-state index contributed by atoms with van der Waals surface area (Å²) >= 11 is 0. The zero-order valence-corrected chi connectivity index (χ0v) is 9.49. The number of hydrogen-bond acceptors (Lipinski definition) is 3. The fourth-order valence-corrected chi connectivity index (χ4v) is 1.84. The van der Waals surface area contributed by atoms with Gasteiger partial charge in [-0.05, 0) is 37.0 Å². The molecule has 1 N–H and O–H groups in total. The van der Waals surface area contributed by atoms with Gasteiger partial charge in [0.05, 0.1) is 18.7 Å². The number of nitrogens with zero attached hydrogens (tertiary/aromatic N) is 1. The number of rotatable bonds is 3. The lowest BCUT2D eigenvalue weighted by Crippen LogP contribution is -2.23. The summed E-state index contributed by atoms with van der Waals surface area (Å²) in [4.78, 5) is 0. The van der Waals surface area contributed by atoms with Crippen molar-refractivity contribution in [3.05, 3.63) is 29.3 Å². The molecule has 1 aliphatic rings. The van der Waals surface area contributed by atoms with Crippen molar-refractivity contribution in [2.75, 3.05) is 6.61 Å². The molecule has 3 heteroatoms. The molecule has 0 spiro atoms. The predicted molar refractivity (Wildman–Crippen MR) is 62.2 cm³/mol. The Labute approximate surface area is 96.0 Å². The minimum absolute atomic E-state index is 0.104. The lowest BCUT2D eigenvalue weighted by atomic mass is 10.0. The van der Waals surface area contributed by atoms with Crippen LogP contribution < -0.4 is 10.1 Å². The van der Waals surface area contributed by atoms with Crippen molar-refractivity contribution in [2.24, 2.45) is 0 Å². The summed E-state index contributed by atoms with van der Waals surface area (Å²) in [6, 6.07) is 8.32. The average molecular weight is 216 g/mol. The third-order valence-electron chi connectivity index (χ3n) is 2.78. The second-order valence-electron chi connectivity index (χ2n) is 4.13. The standard InChI is InChI=1S/C13H16N2O/c1-10(8-14)15-9-11-4-5-13-12(7-11)3-2-6-16-13/h4-5,7,10,15H,2-3,6,9H2,1H3. The van der Waals surface area contributed by atoms with Gasteiger partial charge in [-0.15, -0.1) is 0 Å². The molecule has 0 saturated heterocycles. The van der Waals surface area contributed by atoms with Crippen LogP contribution in [0, 0.1) is 11.3 Å². The molecular weight excluding hydrogens is 200 g/mol. The molecule has 16 heavy (non-hydrogen) atoms. The maximum absolute atomic E-state index is 8.67. The van der Waals surface area contributed by atoms with Gasteiger partial charge in [-0.25, -0.2) is 0 Å². The number of hydrogen-bond donors (Lipinski definition) is 1. The maximum atomic E-state index is 8.67. The molecule has 0 radical (unpaired) electrons. The molecule has 1 aromatic carbocycles. The summed E-state index contributed by atoms with van der Waals surface area (Å²) < 4.78 is 5.55. The Bertz CT molecular complexity index is 409. The summed E-state index contributed by atoms with van der Waals surface area (Å²) in [6.45, 7) is 3.43. The van der Waals surface area contributed by atoms with Gasteiger partial charge >= 0.3 is 0 Å². The molecule has 1 aliphatic heterocycles. The van der Waals surface area contributed by atoms with Crippen LogP contribution in [0.4, 0.5) is 0 Å². The summed E-state index contributed by atoms with van der Waals surface area (Å²) in [5.41, 5.74) is 2.50. The van der Waals surface area contributed by atoms with Gasteiger partial charge in [-0.2, -0.15) is 5.26 Å². The molecule has 1 unspecified atom stereocenters. The van der Waals surface area contributed by atoms with E-state index in [1.165, 1.54) is 11.1 Å². The van der Waals surface area contributed by atoms with E-state index >= 15 is 0 Å². The number of nitriles is 1. The second-order valence-corrected chi connectivity index (χ2v) is 4.13. The molecule has 2 rings (SSSR count). The minimum Gasteiger partial charge on any atom is -0.493 e. The number of nitrogens with one attached hydrogen (secondary N) is 1. The van der Waals surface area contributed by atoms with Crippen LogP contribution in [0.2, 0.25) is 0 Å². The second kappa shape index (κ2) is 5.00. The van der Waals surface area contributed by atoms with Crippen LogP contribution in [0.5, 0.6) is 5.75 Å². The van der Waals surface area contributed by atoms with Crippen LogP contribution in [0.3, 0.4) is 0 Å². The summed E-state index contributed by atoms with van der Waals surface area (Å²) in [5, 5.41) is 11.8. The number of benzene rings is 1. The van der Waals surface area contributed by atoms with E-state index in [0.717, 1.165) is 31.7 Å². The highest BCUT2D eigenvalue weighted by Gasteiger charge is 2.10. The Hall–Kier alpha value is -1.53. The van der Waals surface area contributed by atoms with E-state index in [1.54, 1.807) is 0 Å². The van der Waals surface area contributed by atoms with Gasteiger partial charge in [0, 0.05) is 6.54 Å². The van der Waals surface area contributed by atoms with Crippen LogP contribution in [0.1, 0.15) is 24.5 Å². The predicted octanol–water partition coefficient (Wildman–Crippen LogP) is 2.01. The normalized spacial score (nSPS) is 15.8. The van der Waals surface area contributed by atoms with E-state index in [9.17, 15) is 0 Å². The minimum atomic E-state index is -0.104. The van der Waals surface area contributed by atoms with Gasteiger partial charge in [0.2, 0.25) is 0 Å². The summed E-state index contributed by atoms with van der Waals surface area (Å²) in [6.07, 6.45) is 2.19. The number of fused-ring (bicyclic) bond motifs is 1. The lowest BCUT2D eigenvalue weighted by Gasteiger charge is -2.18. The highest BCUT2D eigenvalue weighted by Crippen LogP contribution is 2.25. The van der Waals surface area contributed by atoms with E-state index in [4.69, 9.17) is 10.00 Å². The van der Waals surface area contributed by atoms with E-state index in [-0.39, 0.29) is 6.04 Å². The van der Waals surface area contributed by atoms with Crippen molar-refractivity contribution in [2.45, 2.75) is 32.4 Å². The zero-order chi connectivity index (χ0) is 11.4. The van der Waals surface area contributed by atoms with E-state index in [0.29, 0.717) is 0 Å². The van der Waals surface area contributed by atoms with Gasteiger partial charge in [0.1, 0.15) is 5.75 Å². The molecule has 1 heterocycles. The first kappa shape index (κ1) is 11.0. The fourth-order valence-electron chi connectivity index (χ4n) is 1.84. The third-order valence-corrected chi connectivity index (χ3v) is 2.78. The molecule has 84 valence electrons. The smallest absolute Gasteiger partial charge is 0.122 e. The van der Waals surface area contributed by atoms with Crippen molar-refractivity contribution in [3.63, 3.8) is 0 Å². The van der Waals surface area contributed by atoms with E-state index in [2.05, 4.69) is 23.5 Å². The third kappa shape index (κ3) is 2.53. The molecule has 0 fully saturated rings. The SMILES string of the molecule is CC(C#N)NCc1ccc2c(c1)CCCO2. The molecular formula is C13H16N2O. The van der Waals surface area contributed by atoms with Crippen molar-refractivity contribution in [1.82, 2.24) is 5.32 Å². The lowest BCUT2D eigenvalue weighted by molar-refractivity contribution is 0.288. The first-order valence-electron chi connectivity index (χ1n) is 5.67. The molecule has 0 aromatic heterocycles. The summed E-state index contributed by atoms with van der Waals surface area (Å²) in [7, 11) is 0. The van der Waals surface area contributed by atoms with Crippen molar-refractivity contribution in [1.29, 1.82) is 5.26 Å². The molecule has 3 nitrogen and oxygen atoms in total. The Balaban J connectivity index is 2.03. The highest BCUT2D eigenvalue weighted by atomic mass is 16.5. The van der Waals surface area contributed by atoms with Crippen molar-refractivity contribution >= 4 is 0 Å². The Morgan fingerprint density at radius 1 is 1.56 bits per heavy atom. The van der Waals surface area contributed by atoms with Gasteiger partial charge in [0.15, 0.2) is 0 Å². The van der Waals surface area contributed by atoms with Gasteiger partial charge in [-0.1, -0.05) is 12.1 Å². The highest BCUT2D eigenvalue weighted by molar-refractivity contribution is 5.38. The quantitative estimate of drug-likeness (QED) is 0.840. The topological polar surface area (TPSA) is 45.0 Å². The largest absolute Gasteiger partial charge is 0.493 e. The first-order valence-corrected chi connectivity index (χ1v) is 5.67. The molecule has 0 saturated carbocycles. The number of ether oxygens (including phenoxy) is 1. The molecule has 0 bridgehead atoms. The Kier molecular flexibility index (Phi) is 3.43. The zero-order valence-electron chi connectivity index (χ0n) is 9.49. The number of aryl methyl sites for hydroxylation is 1. The van der Waals surface area contributed by atoms with Crippen molar-refractivity contribution in [3.8, 4) is 11.8 Å². The van der Waals surface area contributed by atoms with Crippen LogP contribution in [-0.2, 0) is 13.0 Å². The Morgan fingerprint density at radius 2 is 2.44 bits per heavy atom. The van der Waals surface area contributed by atoms with E-state index < -0.39 is 0 Å². The van der Waals surface area contributed by atoms with Gasteiger partial charge in [0.25, 0.3) is 0 Å². The molecule has 1 aromatic rings. The van der Waals surface area contributed by atoms with Gasteiger partial charge in [-0.3, -0.25) is 5.32 Å². The molecule has 0 amide bonds. The van der Waals surface area contributed by atoms with Crippen molar-refractivity contribution < 1.29 is 4.74 Å². The monoisotopic (exact) mass is 216 g/mol. The van der Waals surface area contributed by atoms with Crippen LogP contribution in [0.15, 0.2) is 18.2 Å². The first-order chi connectivity index (χ1) is 7.79. The van der Waals surface area contributed by atoms with Crippen LogP contribution in [0.25, 0.3) is 0 Å². The average Bonchev–Trinajstić information content (AvgIpc) is 2.35. The fraction of sp³-hybridized carbons (Fsp3) is 0.462. The van der Waals surface area contributed by atoms with Gasteiger partial charge < -0.3 is 4.74 Å². The molecule has 0 aliphatic carbocycles.